The minimum absolute atomic E-state index is 0.0141. The third-order valence-electron chi connectivity index (χ3n) is 5.38. The molecular formula is C20H21F3N4O2. The van der Waals surface area contributed by atoms with Gasteiger partial charge in [0.1, 0.15) is 5.69 Å². The highest BCUT2D eigenvalue weighted by molar-refractivity contribution is 5.94. The van der Waals surface area contributed by atoms with Crippen LogP contribution in [0.3, 0.4) is 0 Å². The first kappa shape index (κ1) is 19.5. The van der Waals surface area contributed by atoms with Gasteiger partial charge in [0, 0.05) is 18.2 Å². The van der Waals surface area contributed by atoms with Gasteiger partial charge in [-0.15, -0.1) is 0 Å². The zero-order valence-electron chi connectivity index (χ0n) is 16.3. The van der Waals surface area contributed by atoms with Crippen molar-refractivity contribution in [1.29, 1.82) is 0 Å². The lowest BCUT2D eigenvalue weighted by Gasteiger charge is -2.41. The molecule has 0 spiro atoms. The highest BCUT2D eigenvalue weighted by Crippen LogP contribution is 2.33. The summed E-state index contributed by atoms with van der Waals surface area (Å²) in [7, 11) is 0. The van der Waals surface area contributed by atoms with Crippen molar-refractivity contribution < 1.29 is 22.4 Å². The Labute approximate surface area is 165 Å². The highest BCUT2D eigenvalue weighted by Gasteiger charge is 2.37. The van der Waals surface area contributed by atoms with E-state index in [9.17, 15) is 18.0 Å². The predicted octanol–water partition coefficient (Wildman–Crippen LogP) is 4.66. The summed E-state index contributed by atoms with van der Waals surface area (Å²) in [5.41, 5.74) is -1.09. The molecule has 0 aromatic carbocycles. The van der Waals surface area contributed by atoms with E-state index in [0.29, 0.717) is 10.4 Å². The van der Waals surface area contributed by atoms with Crippen LogP contribution in [0.2, 0.25) is 0 Å². The van der Waals surface area contributed by atoms with Crippen molar-refractivity contribution in [1.82, 2.24) is 19.5 Å². The smallest absolute Gasteiger partial charge is 0.433 e. The molecule has 1 aliphatic heterocycles. The standard InChI is InChI=1S/C20H21F3N4O2/c1-11-7-12(2)26(13(3)8-11)19(28)15-10-18-24-14(16-5-4-6-29-16)9-17(20(21,22)23)27(18)25-15/h4-6,9-13H,7-8H2,1-3H3/t12-,13-/m1/s1. The molecule has 4 heterocycles. The lowest BCUT2D eigenvalue weighted by Crippen LogP contribution is -2.49. The average molecular weight is 406 g/mol. The van der Waals surface area contributed by atoms with Gasteiger partial charge in [0.05, 0.1) is 6.26 Å². The molecule has 0 saturated carbocycles. The molecule has 1 fully saturated rings. The molecule has 154 valence electrons. The predicted molar refractivity (Wildman–Crippen MR) is 99.2 cm³/mol. The minimum Gasteiger partial charge on any atom is -0.463 e. The number of hydrogen-bond donors (Lipinski definition) is 0. The summed E-state index contributed by atoms with van der Waals surface area (Å²) in [6, 6.07) is 5.25. The number of carbonyl (C=O) groups excluding carboxylic acids is 1. The van der Waals surface area contributed by atoms with Crippen molar-refractivity contribution in [2.75, 3.05) is 0 Å². The number of carbonyl (C=O) groups is 1. The fourth-order valence-electron chi connectivity index (χ4n) is 4.29. The molecule has 2 atom stereocenters. The van der Waals surface area contributed by atoms with Crippen LogP contribution in [0.1, 0.15) is 49.8 Å². The highest BCUT2D eigenvalue weighted by atomic mass is 19.4. The van der Waals surface area contributed by atoms with Crippen LogP contribution in [0.4, 0.5) is 13.2 Å². The third kappa shape index (κ3) is 3.49. The Morgan fingerprint density at radius 2 is 1.86 bits per heavy atom. The van der Waals surface area contributed by atoms with Gasteiger partial charge in [-0.05, 0) is 50.8 Å². The zero-order valence-corrected chi connectivity index (χ0v) is 16.3. The Balaban J connectivity index is 1.80. The number of likely N-dealkylation sites (tertiary alicyclic amines) is 1. The molecule has 0 N–H and O–H groups in total. The van der Waals surface area contributed by atoms with E-state index in [0.717, 1.165) is 18.9 Å². The Bertz CT molecular complexity index is 1030. The van der Waals surface area contributed by atoms with Crippen molar-refractivity contribution in [2.24, 2.45) is 5.92 Å². The second-order valence-electron chi connectivity index (χ2n) is 7.79. The number of nitrogens with zero attached hydrogens (tertiary/aromatic N) is 4. The van der Waals surface area contributed by atoms with Gasteiger partial charge in [-0.2, -0.15) is 18.3 Å². The molecule has 3 aromatic rings. The lowest BCUT2D eigenvalue weighted by atomic mass is 9.88. The molecule has 1 saturated heterocycles. The maximum absolute atomic E-state index is 13.7. The molecular weight excluding hydrogens is 385 g/mol. The number of piperidine rings is 1. The molecule has 3 aromatic heterocycles. The van der Waals surface area contributed by atoms with Gasteiger partial charge in [0.2, 0.25) is 0 Å². The molecule has 29 heavy (non-hydrogen) atoms. The Kier molecular flexibility index (Phi) is 4.63. The van der Waals surface area contributed by atoms with Crippen LogP contribution in [0, 0.1) is 5.92 Å². The fraction of sp³-hybridized carbons (Fsp3) is 0.450. The van der Waals surface area contributed by atoms with E-state index in [2.05, 4.69) is 17.0 Å². The maximum Gasteiger partial charge on any atom is 0.433 e. The first-order chi connectivity index (χ1) is 13.6. The number of amides is 1. The Morgan fingerprint density at radius 3 is 2.45 bits per heavy atom. The third-order valence-corrected chi connectivity index (χ3v) is 5.38. The van der Waals surface area contributed by atoms with E-state index in [-0.39, 0.29) is 40.8 Å². The topological polar surface area (TPSA) is 63.6 Å². The SMILES string of the molecule is CC1C[C@@H](C)N(C(=O)c2cc3nc(-c4ccco4)cc(C(F)(F)F)n3n2)[C@H](C)C1. The van der Waals surface area contributed by atoms with Crippen LogP contribution < -0.4 is 0 Å². The number of alkyl halides is 3. The van der Waals surface area contributed by atoms with Crippen molar-refractivity contribution in [2.45, 2.75) is 51.9 Å². The van der Waals surface area contributed by atoms with E-state index in [1.807, 2.05) is 13.8 Å². The second-order valence-corrected chi connectivity index (χ2v) is 7.79. The summed E-state index contributed by atoms with van der Waals surface area (Å²) < 4.78 is 46.8. The Hall–Kier alpha value is -2.84. The van der Waals surface area contributed by atoms with Crippen molar-refractivity contribution in [3.8, 4) is 11.5 Å². The van der Waals surface area contributed by atoms with Gasteiger partial charge < -0.3 is 9.32 Å². The van der Waals surface area contributed by atoms with Crippen LogP contribution in [0.15, 0.2) is 34.9 Å². The molecule has 0 aliphatic carbocycles. The van der Waals surface area contributed by atoms with Crippen LogP contribution in [0.5, 0.6) is 0 Å². The van der Waals surface area contributed by atoms with Gasteiger partial charge >= 0.3 is 6.18 Å². The van der Waals surface area contributed by atoms with Crippen molar-refractivity contribution >= 4 is 11.6 Å². The summed E-state index contributed by atoms with van der Waals surface area (Å²) in [5, 5.41) is 3.98. The van der Waals surface area contributed by atoms with E-state index in [4.69, 9.17) is 4.42 Å². The fourth-order valence-corrected chi connectivity index (χ4v) is 4.29. The van der Waals surface area contributed by atoms with Crippen LogP contribution in [-0.2, 0) is 6.18 Å². The van der Waals surface area contributed by atoms with Crippen molar-refractivity contribution in [3.05, 3.63) is 41.9 Å². The number of fused-ring (bicyclic) bond motifs is 1. The number of rotatable bonds is 2. The number of furan rings is 1. The summed E-state index contributed by atoms with van der Waals surface area (Å²) in [5.74, 6) is 0.314. The molecule has 0 bridgehead atoms. The Morgan fingerprint density at radius 1 is 1.17 bits per heavy atom. The number of aromatic nitrogens is 3. The molecule has 4 rings (SSSR count). The van der Waals surface area contributed by atoms with Gasteiger partial charge in [-0.3, -0.25) is 4.79 Å². The van der Waals surface area contributed by atoms with Crippen LogP contribution in [0.25, 0.3) is 17.1 Å². The number of halogens is 3. The average Bonchev–Trinajstić information content (AvgIpc) is 3.28. The largest absolute Gasteiger partial charge is 0.463 e. The van der Waals surface area contributed by atoms with Crippen LogP contribution in [-0.4, -0.2) is 37.5 Å². The zero-order chi connectivity index (χ0) is 20.9. The molecule has 1 amide bonds. The molecule has 0 unspecified atom stereocenters. The summed E-state index contributed by atoms with van der Waals surface area (Å²) in [4.78, 5) is 19.0. The number of hydrogen-bond acceptors (Lipinski definition) is 4. The van der Waals surface area contributed by atoms with E-state index >= 15 is 0 Å². The van der Waals surface area contributed by atoms with Gasteiger partial charge in [0.25, 0.3) is 5.91 Å². The second kappa shape index (κ2) is 6.89. The summed E-state index contributed by atoms with van der Waals surface area (Å²) >= 11 is 0. The first-order valence-electron chi connectivity index (χ1n) is 9.49. The minimum atomic E-state index is -4.67. The van der Waals surface area contributed by atoms with Crippen molar-refractivity contribution in [3.63, 3.8) is 0 Å². The molecule has 9 heteroatoms. The lowest BCUT2D eigenvalue weighted by molar-refractivity contribution is -0.142. The monoisotopic (exact) mass is 406 g/mol. The van der Waals surface area contributed by atoms with E-state index in [1.54, 1.807) is 11.0 Å². The van der Waals surface area contributed by atoms with E-state index in [1.165, 1.54) is 18.4 Å². The summed E-state index contributed by atoms with van der Waals surface area (Å²) in [6.07, 6.45) is -1.62. The first-order valence-corrected chi connectivity index (χ1v) is 9.49. The molecule has 0 radical (unpaired) electrons. The molecule has 6 nitrogen and oxygen atoms in total. The maximum atomic E-state index is 13.7. The van der Waals surface area contributed by atoms with Gasteiger partial charge in [0.15, 0.2) is 22.8 Å². The quantitative estimate of drug-likeness (QED) is 0.621. The van der Waals surface area contributed by atoms with E-state index < -0.39 is 11.9 Å². The van der Waals surface area contributed by atoms with Gasteiger partial charge in [-0.25, -0.2) is 9.50 Å². The molecule has 1 aliphatic rings. The summed E-state index contributed by atoms with van der Waals surface area (Å²) in [6.45, 7) is 6.04. The van der Waals surface area contributed by atoms with Crippen LogP contribution >= 0.6 is 0 Å². The normalized spacial score (nSPS) is 23.0. The van der Waals surface area contributed by atoms with Gasteiger partial charge in [-0.1, -0.05) is 6.92 Å².